The van der Waals surface area contributed by atoms with Crippen molar-refractivity contribution >= 4 is 51.7 Å². The third-order valence-corrected chi connectivity index (χ3v) is 7.59. The zero-order chi connectivity index (χ0) is 25.9. The summed E-state index contributed by atoms with van der Waals surface area (Å²) in [6.45, 7) is 5.30. The first-order valence-corrected chi connectivity index (χ1v) is 12.5. The molecule has 1 N–H and O–H groups in total. The van der Waals surface area contributed by atoms with Crippen molar-refractivity contribution in [1.82, 2.24) is 4.90 Å². The van der Waals surface area contributed by atoms with Gasteiger partial charge in [0.2, 0.25) is 0 Å². The Morgan fingerprint density at radius 1 is 0.750 bits per heavy atom. The quantitative estimate of drug-likeness (QED) is 0.487. The van der Waals surface area contributed by atoms with E-state index in [-0.39, 0.29) is 28.9 Å². The number of hydrogen-bond acceptors (Lipinski definition) is 5. The average molecular weight is 505 g/mol. The molecule has 7 nitrogen and oxygen atoms in total. The zero-order valence-electron chi connectivity index (χ0n) is 20.2. The predicted octanol–water partition coefficient (Wildman–Crippen LogP) is 4.79. The Balaban J connectivity index is 1.76. The van der Waals surface area contributed by atoms with Gasteiger partial charge in [0.15, 0.2) is 0 Å². The highest BCUT2D eigenvalue weighted by molar-refractivity contribution is 6.40. The van der Waals surface area contributed by atoms with Crippen LogP contribution in [0, 0.1) is 0 Å². The minimum absolute atomic E-state index is 0.234. The van der Waals surface area contributed by atoms with Crippen molar-refractivity contribution in [3.63, 3.8) is 0 Å². The third-order valence-electron chi connectivity index (χ3n) is 7.24. The second-order valence-corrected chi connectivity index (χ2v) is 9.39. The maximum Gasteiger partial charge on any atom is 0.266 e. The largest absolute Gasteiger partial charge is 0.394 e. The topological polar surface area (TPSA) is 95.0 Å². The van der Waals surface area contributed by atoms with Gasteiger partial charge in [0, 0.05) is 38.0 Å². The predicted molar refractivity (Wildman–Crippen MR) is 137 cm³/mol. The second-order valence-electron chi connectivity index (χ2n) is 8.98. The molecule has 1 atom stereocenters. The number of benzene rings is 3. The van der Waals surface area contributed by atoms with Crippen LogP contribution in [0.3, 0.4) is 0 Å². The molecule has 0 radical (unpaired) electrons. The normalized spacial score (nSPS) is 15.8. The maximum atomic E-state index is 13.9. The Kier molecular flexibility index (Phi) is 5.93. The number of aliphatic hydroxyl groups excluding tert-OH is 1. The van der Waals surface area contributed by atoms with Gasteiger partial charge in [-0.1, -0.05) is 38.4 Å². The molecule has 5 rings (SSSR count). The summed E-state index contributed by atoms with van der Waals surface area (Å²) in [4.78, 5) is 56.7. The number of carbonyl (C=O) groups excluding carboxylic acids is 4. The smallest absolute Gasteiger partial charge is 0.266 e. The van der Waals surface area contributed by atoms with Crippen molar-refractivity contribution in [1.29, 1.82) is 0 Å². The van der Waals surface area contributed by atoms with Gasteiger partial charge in [-0.3, -0.25) is 24.1 Å². The van der Waals surface area contributed by atoms with Gasteiger partial charge < -0.3 is 5.11 Å². The molecule has 2 aliphatic rings. The number of carbonyl (C=O) groups is 4. The Morgan fingerprint density at radius 3 is 1.67 bits per heavy atom. The van der Waals surface area contributed by atoms with E-state index in [0.717, 1.165) is 10.5 Å². The van der Waals surface area contributed by atoms with Crippen molar-refractivity contribution in [2.75, 3.05) is 11.5 Å². The molecule has 1 unspecified atom stereocenters. The third kappa shape index (κ3) is 3.16. The minimum atomic E-state index is -0.665. The number of anilines is 1. The fourth-order valence-electron chi connectivity index (χ4n) is 5.38. The summed E-state index contributed by atoms with van der Waals surface area (Å²) >= 11 is 6.47. The molecule has 184 valence electrons. The van der Waals surface area contributed by atoms with Gasteiger partial charge in [0.05, 0.1) is 18.3 Å². The molecule has 0 aromatic heterocycles. The molecule has 2 heterocycles. The molecular weight excluding hydrogens is 480 g/mol. The number of nitrogens with zero attached hydrogens (tertiary/aromatic N) is 2. The van der Waals surface area contributed by atoms with Crippen LogP contribution in [-0.2, 0) is 12.8 Å². The number of amides is 4. The summed E-state index contributed by atoms with van der Waals surface area (Å²) in [5.41, 5.74) is 2.99. The molecule has 4 amide bonds. The van der Waals surface area contributed by atoms with Gasteiger partial charge in [0.1, 0.15) is 0 Å². The lowest BCUT2D eigenvalue weighted by Crippen LogP contribution is -2.49. The van der Waals surface area contributed by atoms with Crippen LogP contribution in [-0.4, -0.2) is 46.3 Å². The van der Waals surface area contributed by atoms with Crippen LogP contribution in [0.4, 0.5) is 5.69 Å². The van der Waals surface area contributed by atoms with E-state index in [2.05, 4.69) is 0 Å². The second kappa shape index (κ2) is 8.84. The summed E-state index contributed by atoms with van der Waals surface area (Å²) in [5.74, 6) is -2.13. The minimum Gasteiger partial charge on any atom is -0.394 e. The lowest BCUT2D eigenvalue weighted by Gasteiger charge is -2.35. The number of aliphatic hydroxyl groups is 1. The van der Waals surface area contributed by atoms with E-state index in [4.69, 9.17) is 11.6 Å². The van der Waals surface area contributed by atoms with Crippen molar-refractivity contribution in [3.05, 3.63) is 74.8 Å². The fourth-order valence-corrected chi connectivity index (χ4v) is 5.67. The van der Waals surface area contributed by atoms with Crippen LogP contribution < -0.4 is 4.90 Å². The van der Waals surface area contributed by atoms with Crippen molar-refractivity contribution in [2.45, 2.75) is 46.1 Å². The monoisotopic (exact) mass is 504 g/mol. The molecule has 0 spiro atoms. The molecule has 2 aliphatic heterocycles. The Labute approximate surface area is 213 Å². The molecule has 0 fully saturated rings. The maximum absolute atomic E-state index is 13.9. The highest BCUT2D eigenvalue weighted by Gasteiger charge is 2.42. The lowest BCUT2D eigenvalue weighted by atomic mass is 9.85. The van der Waals surface area contributed by atoms with E-state index in [0.29, 0.717) is 46.3 Å². The summed E-state index contributed by atoms with van der Waals surface area (Å²) in [6, 6.07) is 9.08. The van der Waals surface area contributed by atoms with Gasteiger partial charge in [-0.05, 0) is 60.7 Å². The SMILES string of the molecule is CCc1ccc(Cl)c(CC)c1N1C(=O)c2ccc3c4c(ccc(c24)C1=O)C(=O)N(C(CC)CO)C3=O. The summed E-state index contributed by atoms with van der Waals surface area (Å²) in [5, 5.41) is 10.9. The standard InChI is InChI=1S/C28H25ClN2O5/c1-4-14-7-12-21(29)16(6-3)24(14)31-27(35)19-10-8-17-22-18(9-11-20(23(19)22)28(31)36)26(34)30(25(17)33)15(5-2)13-32/h7-12,15,32H,4-6,13H2,1-3H3. The van der Waals surface area contributed by atoms with Crippen LogP contribution in [0.15, 0.2) is 36.4 Å². The molecule has 36 heavy (non-hydrogen) atoms. The average Bonchev–Trinajstić information content (AvgIpc) is 2.88. The van der Waals surface area contributed by atoms with Crippen molar-refractivity contribution in [3.8, 4) is 0 Å². The highest BCUT2D eigenvalue weighted by atomic mass is 35.5. The Hall–Kier alpha value is -3.55. The van der Waals surface area contributed by atoms with Crippen molar-refractivity contribution in [2.24, 2.45) is 0 Å². The van der Waals surface area contributed by atoms with E-state index >= 15 is 0 Å². The molecule has 0 bridgehead atoms. The first-order valence-electron chi connectivity index (χ1n) is 12.1. The summed E-state index contributed by atoms with van der Waals surface area (Å²) in [6.07, 6.45) is 1.52. The molecule has 3 aromatic rings. The lowest BCUT2D eigenvalue weighted by molar-refractivity contribution is 0.0465. The van der Waals surface area contributed by atoms with Gasteiger partial charge in [-0.15, -0.1) is 0 Å². The molecule has 3 aromatic carbocycles. The highest BCUT2D eigenvalue weighted by Crippen LogP contribution is 2.42. The fraction of sp³-hybridized carbons (Fsp3) is 0.286. The summed E-state index contributed by atoms with van der Waals surface area (Å²) in [7, 11) is 0. The molecule has 0 aliphatic carbocycles. The Bertz CT molecular complexity index is 1420. The van der Waals surface area contributed by atoms with Crippen LogP contribution in [0.5, 0.6) is 0 Å². The Morgan fingerprint density at radius 2 is 1.25 bits per heavy atom. The number of imide groups is 2. The van der Waals surface area contributed by atoms with Gasteiger partial charge >= 0.3 is 0 Å². The molecule has 0 saturated heterocycles. The van der Waals surface area contributed by atoms with E-state index in [1.807, 2.05) is 19.9 Å². The number of halogens is 1. The first kappa shape index (κ1) is 24.2. The number of rotatable bonds is 6. The van der Waals surface area contributed by atoms with E-state index in [9.17, 15) is 24.3 Å². The van der Waals surface area contributed by atoms with Crippen molar-refractivity contribution < 1.29 is 24.3 Å². The van der Waals surface area contributed by atoms with Crippen LogP contribution in [0.25, 0.3) is 10.8 Å². The van der Waals surface area contributed by atoms with Gasteiger partial charge in [-0.25, -0.2) is 4.90 Å². The first-order chi connectivity index (χ1) is 17.3. The van der Waals surface area contributed by atoms with Crippen LogP contribution >= 0.6 is 11.6 Å². The molecular formula is C28H25ClN2O5. The molecule has 8 heteroatoms. The van der Waals surface area contributed by atoms with Crippen LogP contribution in [0.1, 0.15) is 79.8 Å². The number of hydrogen-bond donors (Lipinski definition) is 1. The zero-order valence-corrected chi connectivity index (χ0v) is 21.0. The van der Waals surface area contributed by atoms with Gasteiger partial charge in [-0.2, -0.15) is 0 Å². The van der Waals surface area contributed by atoms with Gasteiger partial charge in [0.25, 0.3) is 23.6 Å². The van der Waals surface area contributed by atoms with E-state index in [1.54, 1.807) is 25.1 Å². The van der Waals surface area contributed by atoms with Crippen LogP contribution in [0.2, 0.25) is 5.02 Å². The molecule has 0 saturated carbocycles. The van der Waals surface area contributed by atoms with E-state index < -0.39 is 29.7 Å². The van der Waals surface area contributed by atoms with E-state index in [1.165, 1.54) is 17.0 Å². The number of aryl methyl sites for hydroxylation is 1. The summed E-state index contributed by atoms with van der Waals surface area (Å²) < 4.78 is 0.